The minimum absolute atomic E-state index is 0.0156. The number of hydrogen-bond donors (Lipinski definition) is 3. The number of fused-ring (bicyclic) bond motifs is 1. The van der Waals surface area contributed by atoms with Gasteiger partial charge in [0.2, 0.25) is 5.67 Å². The number of aromatic nitrogens is 2. The minimum Gasteiger partial charge on any atom is -0.394 e. The molecule has 1 aromatic rings. The first-order chi connectivity index (χ1) is 10.4. The summed E-state index contributed by atoms with van der Waals surface area (Å²) in [5.41, 5.74) is 2.99. The van der Waals surface area contributed by atoms with Crippen LogP contribution >= 0.6 is 0 Å². The molecule has 1 fully saturated rings. The first-order valence-electron chi connectivity index (χ1n) is 6.46. The molecule has 4 atom stereocenters. The van der Waals surface area contributed by atoms with E-state index in [9.17, 15) is 14.3 Å². The van der Waals surface area contributed by atoms with Crippen molar-refractivity contribution in [3.8, 4) is 12.3 Å². The third kappa shape index (κ3) is 1.85. The van der Waals surface area contributed by atoms with Gasteiger partial charge < -0.3 is 20.7 Å². The molecule has 1 aromatic heterocycles. The van der Waals surface area contributed by atoms with Gasteiger partial charge in [0.15, 0.2) is 23.5 Å². The molecule has 0 bridgehead atoms. The summed E-state index contributed by atoms with van der Waals surface area (Å²) in [6.45, 7) is -0.619. The van der Waals surface area contributed by atoms with Crippen LogP contribution in [0.3, 0.4) is 0 Å². The van der Waals surface area contributed by atoms with Crippen molar-refractivity contribution < 1.29 is 24.1 Å². The second kappa shape index (κ2) is 4.88. The molecule has 2 aliphatic rings. The molecule has 8 nitrogen and oxygen atoms in total. The van der Waals surface area contributed by atoms with Gasteiger partial charge in [-0.2, -0.15) is 0 Å². The van der Waals surface area contributed by atoms with E-state index in [1.807, 2.05) is 5.92 Å². The highest BCUT2D eigenvalue weighted by Gasteiger charge is 2.58. The number of aliphatic hydroxyl groups excluding tert-OH is 2. The fourth-order valence-corrected chi connectivity index (χ4v) is 2.58. The van der Waals surface area contributed by atoms with Crippen molar-refractivity contribution in [2.24, 2.45) is 10.7 Å². The van der Waals surface area contributed by atoms with Crippen LogP contribution in [-0.4, -0.2) is 55.9 Å². The standard InChI is InChI=1S/C13H13FN4O4/c1-2-13(14)10(21)7(4-19)22-12(13)18-5-16-9-6(20)3-8(15)17-11(9)18/h1,5,7,10,12,19,21H,3-4H2,(H2,15,17)/t7-,10+,12-,13?/m1/s1. The molecule has 1 saturated heterocycles. The molecule has 0 saturated carbocycles. The van der Waals surface area contributed by atoms with Gasteiger partial charge in [-0.15, -0.1) is 6.42 Å². The maximum atomic E-state index is 14.9. The SMILES string of the molecule is C#CC1(F)[C@@H](O)[C@@H](CO)O[C@H]1n1cnc2c1N=C(N)CC2=O. The number of alkyl halides is 1. The van der Waals surface area contributed by atoms with E-state index in [2.05, 4.69) is 9.98 Å². The van der Waals surface area contributed by atoms with Gasteiger partial charge in [-0.3, -0.25) is 9.36 Å². The Morgan fingerprint density at radius 3 is 3.05 bits per heavy atom. The predicted molar refractivity (Wildman–Crippen MR) is 72.1 cm³/mol. The zero-order chi connectivity index (χ0) is 16.1. The number of aliphatic hydroxyl groups is 2. The Labute approximate surface area is 124 Å². The van der Waals surface area contributed by atoms with Crippen LogP contribution in [0, 0.1) is 12.3 Å². The van der Waals surface area contributed by atoms with Crippen molar-refractivity contribution in [2.45, 2.75) is 30.5 Å². The number of aliphatic imine (C=N–C) groups is 1. The Bertz CT molecular complexity index is 709. The zero-order valence-corrected chi connectivity index (χ0v) is 11.3. The summed E-state index contributed by atoms with van der Waals surface area (Å²) in [5, 5.41) is 19.1. The normalized spacial score (nSPS) is 34.2. The van der Waals surface area contributed by atoms with Crippen molar-refractivity contribution in [3.63, 3.8) is 0 Å². The van der Waals surface area contributed by atoms with Gasteiger partial charge in [0.1, 0.15) is 18.0 Å². The number of nitrogens with two attached hydrogens (primary N) is 1. The summed E-state index contributed by atoms with van der Waals surface area (Å²) in [7, 11) is 0. The van der Waals surface area contributed by atoms with Gasteiger partial charge in [0.25, 0.3) is 0 Å². The highest BCUT2D eigenvalue weighted by atomic mass is 19.1. The number of halogens is 1. The van der Waals surface area contributed by atoms with E-state index in [4.69, 9.17) is 22.0 Å². The lowest BCUT2D eigenvalue weighted by atomic mass is 9.97. The average molecular weight is 308 g/mol. The minimum atomic E-state index is -2.60. The smallest absolute Gasteiger partial charge is 0.243 e. The number of ketones is 1. The molecule has 0 spiro atoms. The van der Waals surface area contributed by atoms with Crippen LogP contribution in [0.5, 0.6) is 0 Å². The van der Waals surface area contributed by atoms with Crippen LogP contribution in [-0.2, 0) is 4.74 Å². The number of terminal acetylenes is 1. The van der Waals surface area contributed by atoms with Crippen LogP contribution < -0.4 is 5.73 Å². The lowest BCUT2D eigenvalue weighted by Gasteiger charge is -2.24. The molecular weight excluding hydrogens is 295 g/mol. The van der Waals surface area contributed by atoms with E-state index in [0.717, 1.165) is 10.9 Å². The number of ether oxygens (including phenoxy) is 1. The molecular formula is C13H13FN4O4. The number of hydrogen-bond acceptors (Lipinski definition) is 7. The van der Waals surface area contributed by atoms with Crippen molar-refractivity contribution in [1.29, 1.82) is 0 Å². The summed E-state index contributed by atoms with van der Waals surface area (Å²) in [4.78, 5) is 19.7. The Morgan fingerprint density at radius 1 is 1.68 bits per heavy atom. The maximum absolute atomic E-state index is 14.9. The number of amidine groups is 1. The molecule has 116 valence electrons. The lowest BCUT2D eigenvalue weighted by Crippen LogP contribution is -2.42. The van der Waals surface area contributed by atoms with Crippen molar-refractivity contribution in [1.82, 2.24) is 9.55 Å². The van der Waals surface area contributed by atoms with Crippen molar-refractivity contribution in [2.75, 3.05) is 6.61 Å². The van der Waals surface area contributed by atoms with E-state index in [1.54, 1.807) is 0 Å². The molecule has 3 rings (SSSR count). The second-order valence-electron chi connectivity index (χ2n) is 5.09. The zero-order valence-electron chi connectivity index (χ0n) is 11.3. The molecule has 4 N–H and O–H groups in total. The predicted octanol–water partition coefficient (Wildman–Crippen LogP) is -0.950. The molecule has 9 heteroatoms. The first-order valence-corrected chi connectivity index (χ1v) is 6.46. The largest absolute Gasteiger partial charge is 0.394 e. The number of Topliss-reactive ketones (excluding diaryl/α,β-unsaturated/α-hetero) is 1. The quantitative estimate of drug-likeness (QED) is 0.605. The molecule has 2 aliphatic heterocycles. The molecule has 0 aromatic carbocycles. The highest BCUT2D eigenvalue weighted by Crippen LogP contribution is 2.43. The van der Waals surface area contributed by atoms with Gasteiger partial charge in [0, 0.05) is 0 Å². The van der Waals surface area contributed by atoms with Crippen LogP contribution in [0.15, 0.2) is 11.3 Å². The van der Waals surface area contributed by atoms with E-state index < -0.39 is 30.7 Å². The van der Waals surface area contributed by atoms with Gasteiger partial charge >= 0.3 is 0 Å². The van der Waals surface area contributed by atoms with Gasteiger partial charge in [-0.1, -0.05) is 5.92 Å². The molecule has 0 aliphatic carbocycles. The third-order valence-electron chi connectivity index (χ3n) is 3.72. The van der Waals surface area contributed by atoms with Crippen LogP contribution in [0.1, 0.15) is 23.1 Å². The molecule has 0 radical (unpaired) electrons. The third-order valence-corrected chi connectivity index (χ3v) is 3.72. The Morgan fingerprint density at radius 2 is 2.41 bits per heavy atom. The lowest BCUT2D eigenvalue weighted by molar-refractivity contribution is -0.0512. The van der Waals surface area contributed by atoms with E-state index >= 15 is 0 Å². The summed E-state index contributed by atoms with van der Waals surface area (Å²) in [6, 6.07) is 0. The fourth-order valence-electron chi connectivity index (χ4n) is 2.58. The van der Waals surface area contributed by atoms with Crippen LogP contribution in [0.25, 0.3) is 0 Å². The van der Waals surface area contributed by atoms with Crippen molar-refractivity contribution in [3.05, 3.63) is 12.0 Å². The number of nitrogens with zero attached hydrogens (tertiary/aromatic N) is 3. The fraction of sp³-hybridized carbons (Fsp3) is 0.462. The maximum Gasteiger partial charge on any atom is 0.243 e. The average Bonchev–Trinajstić information content (AvgIpc) is 3.00. The Kier molecular flexibility index (Phi) is 3.25. The monoisotopic (exact) mass is 308 g/mol. The van der Waals surface area contributed by atoms with Crippen LogP contribution in [0.4, 0.5) is 10.2 Å². The highest BCUT2D eigenvalue weighted by molar-refractivity contribution is 6.13. The van der Waals surface area contributed by atoms with E-state index in [1.165, 1.54) is 0 Å². The molecule has 22 heavy (non-hydrogen) atoms. The summed E-state index contributed by atoms with van der Waals surface area (Å²) in [5.74, 6) is 1.57. The number of imidazole rings is 1. The van der Waals surface area contributed by atoms with Crippen molar-refractivity contribution >= 4 is 17.4 Å². The second-order valence-corrected chi connectivity index (χ2v) is 5.09. The van der Waals surface area contributed by atoms with Gasteiger partial charge in [-0.25, -0.2) is 14.4 Å². The Balaban J connectivity index is 2.10. The topological polar surface area (TPSA) is 123 Å². The van der Waals surface area contributed by atoms with Gasteiger partial charge in [-0.05, 0) is 0 Å². The van der Waals surface area contributed by atoms with E-state index in [-0.39, 0.29) is 29.6 Å². The number of rotatable bonds is 2. The molecule has 3 heterocycles. The van der Waals surface area contributed by atoms with Gasteiger partial charge in [0.05, 0.1) is 19.4 Å². The Hall–Kier alpha value is -2.28. The number of carbonyl (C=O) groups excluding carboxylic acids is 1. The molecule has 0 amide bonds. The van der Waals surface area contributed by atoms with Crippen LogP contribution in [0.2, 0.25) is 0 Å². The molecule has 1 unspecified atom stereocenters. The summed E-state index contributed by atoms with van der Waals surface area (Å²) >= 11 is 0. The first kappa shape index (κ1) is 14.6. The summed E-state index contributed by atoms with van der Waals surface area (Å²) < 4.78 is 21.3. The number of carbonyl (C=O) groups is 1. The summed E-state index contributed by atoms with van der Waals surface area (Å²) in [6.07, 6.45) is 1.85. The van der Waals surface area contributed by atoms with E-state index in [0.29, 0.717) is 0 Å².